The second-order valence-corrected chi connectivity index (χ2v) is 4.11. The van der Waals surface area contributed by atoms with Crippen LogP contribution in [0, 0.1) is 0 Å². The average molecular weight is 226 g/mol. The van der Waals surface area contributed by atoms with Crippen LogP contribution in [0.1, 0.15) is 6.92 Å². The van der Waals surface area contributed by atoms with Crippen LogP contribution in [0.3, 0.4) is 0 Å². The van der Waals surface area contributed by atoms with Crippen molar-refractivity contribution in [2.24, 2.45) is 0 Å². The summed E-state index contributed by atoms with van der Waals surface area (Å²) < 4.78 is 11.1. The van der Waals surface area contributed by atoms with Crippen molar-refractivity contribution >= 4 is 24.4 Å². The molecule has 0 aliphatic heterocycles. The third-order valence-corrected chi connectivity index (χ3v) is 3.32. The van der Waals surface area contributed by atoms with Crippen LogP contribution < -0.4 is 4.74 Å². The van der Waals surface area contributed by atoms with E-state index in [1.165, 1.54) is 9.65 Å². The van der Waals surface area contributed by atoms with Gasteiger partial charge in [-0.2, -0.15) is 0 Å². The number of nitrogens with zero attached hydrogens (tertiary/aromatic N) is 1. The summed E-state index contributed by atoms with van der Waals surface area (Å²) in [5, 5.41) is 1.18. The second kappa shape index (κ2) is 3.30. The van der Waals surface area contributed by atoms with E-state index in [0.29, 0.717) is 6.61 Å². The van der Waals surface area contributed by atoms with Crippen molar-refractivity contribution in [1.29, 1.82) is 0 Å². The van der Waals surface area contributed by atoms with E-state index in [-0.39, 0.29) is 14.7 Å². The third kappa shape index (κ3) is 1.26. The molecular weight excluding hydrogens is 217 g/mol. The SMILES string of the molecule is CCOc1n[se]c2ccccc12. The van der Waals surface area contributed by atoms with Gasteiger partial charge in [0.2, 0.25) is 0 Å². The van der Waals surface area contributed by atoms with Gasteiger partial charge in [-0.05, 0) is 0 Å². The molecule has 0 saturated heterocycles. The molecule has 0 radical (unpaired) electrons. The van der Waals surface area contributed by atoms with Gasteiger partial charge in [0.15, 0.2) is 0 Å². The Balaban J connectivity index is 2.55. The number of hydrogen-bond acceptors (Lipinski definition) is 2. The van der Waals surface area contributed by atoms with Gasteiger partial charge in [-0.25, -0.2) is 0 Å². The zero-order chi connectivity index (χ0) is 8.39. The van der Waals surface area contributed by atoms with Crippen molar-refractivity contribution in [3.8, 4) is 5.88 Å². The van der Waals surface area contributed by atoms with Crippen LogP contribution >= 0.6 is 0 Å². The molecule has 0 aliphatic rings. The van der Waals surface area contributed by atoms with E-state index >= 15 is 0 Å². The fourth-order valence-electron chi connectivity index (χ4n) is 1.10. The van der Waals surface area contributed by atoms with E-state index in [1.807, 2.05) is 19.1 Å². The molecule has 2 nitrogen and oxygen atoms in total. The zero-order valence-corrected chi connectivity index (χ0v) is 8.49. The van der Waals surface area contributed by atoms with Crippen LogP contribution in [0.5, 0.6) is 5.88 Å². The van der Waals surface area contributed by atoms with Crippen molar-refractivity contribution in [1.82, 2.24) is 3.98 Å². The summed E-state index contributed by atoms with van der Waals surface area (Å²) in [6.07, 6.45) is 0. The van der Waals surface area contributed by atoms with Gasteiger partial charge >= 0.3 is 76.8 Å². The van der Waals surface area contributed by atoms with Crippen molar-refractivity contribution in [3.63, 3.8) is 0 Å². The van der Waals surface area contributed by atoms with E-state index in [2.05, 4.69) is 16.1 Å². The third-order valence-electron chi connectivity index (χ3n) is 1.63. The van der Waals surface area contributed by atoms with Gasteiger partial charge in [-0.3, -0.25) is 0 Å². The fraction of sp³-hybridized carbons (Fsp3) is 0.222. The molecule has 0 unspecified atom stereocenters. The topological polar surface area (TPSA) is 22.1 Å². The van der Waals surface area contributed by atoms with Crippen LogP contribution in [0.15, 0.2) is 24.3 Å². The fourth-order valence-corrected chi connectivity index (χ4v) is 2.63. The Kier molecular flexibility index (Phi) is 2.15. The summed E-state index contributed by atoms with van der Waals surface area (Å²) in [6, 6.07) is 8.25. The minimum atomic E-state index is 0.237. The number of benzene rings is 1. The maximum atomic E-state index is 5.39. The molecule has 12 heavy (non-hydrogen) atoms. The van der Waals surface area contributed by atoms with Crippen LogP contribution in [0.25, 0.3) is 9.65 Å². The molecule has 3 heteroatoms. The number of aromatic nitrogens is 1. The first-order chi connectivity index (χ1) is 5.92. The molecule has 1 aromatic carbocycles. The van der Waals surface area contributed by atoms with E-state index < -0.39 is 0 Å². The summed E-state index contributed by atoms with van der Waals surface area (Å²) in [7, 11) is 0. The van der Waals surface area contributed by atoms with Gasteiger partial charge in [-0.15, -0.1) is 0 Å². The van der Waals surface area contributed by atoms with Crippen LogP contribution in [-0.2, 0) is 0 Å². The molecule has 0 amide bonds. The summed E-state index contributed by atoms with van der Waals surface area (Å²) in [6.45, 7) is 2.68. The van der Waals surface area contributed by atoms with Gasteiger partial charge in [0.05, 0.1) is 0 Å². The molecule has 0 N–H and O–H groups in total. The Bertz CT molecular complexity index is 383. The average Bonchev–Trinajstić information content (AvgIpc) is 2.50. The summed E-state index contributed by atoms with van der Waals surface area (Å²) >= 11 is 0.237. The summed E-state index contributed by atoms with van der Waals surface area (Å²) in [5.41, 5.74) is 0. The summed E-state index contributed by atoms with van der Waals surface area (Å²) in [5.74, 6) is 0.827. The van der Waals surface area contributed by atoms with Gasteiger partial charge < -0.3 is 0 Å². The van der Waals surface area contributed by atoms with Gasteiger partial charge in [0, 0.05) is 0 Å². The molecular formula is C9H9NOSe. The van der Waals surface area contributed by atoms with Gasteiger partial charge in [-0.1, -0.05) is 0 Å². The molecule has 2 aromatic rings. The number of fused-ring (bicyclic) bond motifs is 1. The number of ether oxygens (including phenoxy) is 1. The Morgan fingerprint density at radius 1 is 1.42 bits per heavy atom. The molecule has 1 aromatic heterocycles. The molecule has 2 rings (SSSR count). The Morgan fingerprint density at radius 3 is 3.08 bits per heavy atom. The quantitative estimate of drug-likeness (QED) is 0.727. The Morgan fingerprint density at radius 2 is 2.25 bits per heavy atom. The van der Waals surface area contributed by atoms with Crippen molar-refractivity contribution < 1.29 is 4.74 Å². The maximum absolute atomic E-state index is 5.39. The molecule has 0 spiro atoms. The van der Waals surface area contributed by atoms with Gasteiger partial charge in [0.1, 0.15) is 0 Å². The first-order valence-corrected chi connectivity index (χ1v) is 5.51. The molecule has 0 bridgehead atoms. The predicted molar refractivity (Wildman–Crippen MR) is 49.9 cm³/mol. The number of rotatable bonds is 2. The normalized spacial score (nSPS) is 10.4. The summed E-state index contributed by atoms with van der Waals surface area (Å²) in [4.78, 5) is 0. The molecule has 0 fully saturated rings. The second-order valence-electron chi connectivity index (χ2n) is 2.42. The Hall–Kier alpha value is -0.791. The van der Waals surface area contributed by atoms with E-state index in [9.17, 15) is 0 Å². The molecule has 62 valence electrons. The zero-order valence-electron chi connectivity index (χ0n) is 6.78. The molecule has 1 heterocycles. The standard InChI is InChI=1S/C9H9NOSe/c1-2-11-9-7-5-3-4-6-8(7)12-10-9/h3-6H,2H2,1H3. The predicted octanol–water partition coefficient (Wildman–Crippen LogP) is 1.69. The van der Waals surface area contributed by atoms with E-state index in [0.717, 1.165) is 5.88 Å². The first kappa shape index (κ1) is 7.84. The molecule has 0 aliphatic carbocycles. The van der Waals surface area contributed by atoms with Crippen molar-refractivity contribution in [2.75, 3.05) is 6.61 Å². The monoisotopic (exact) mass is 227 g/mol. The van der Waals surface area contributed by atoms with Crippen LogP contribution in [-0.4, -0.2) is 25.3 Å². The van der Waals surface area contributed by atoms with E-state index in [1.54, 1.807) is 0 Å². The molecule has 0 atom stereocenters. The minimum absolute atomic E-state index is 0.237. The van der Waals surface area contributed by atoms with Crippen molar-refractivity contribution in [2.45, 2.75) is 6.92 Å². The Labute approximate surface area is 77.2 Å². The van der Waals surface area contributed by atoms with Crippen LogP contribution in [0.4, 0.5) is 0 Å². The van der Waals surface area contributed by atoms with Crippen molar-refractivity contribution in [3.05, 3.63) is 24.3 Å². The number of hydrogen-bond donors (Lipinski definition) is 0. The molecule has 0 saturated carbocycles. The van der Waals surface area contributed by atoms with Crippen LogP contribution in [0.2, 0.25) is 0 Å². The van der Waals surface area contributed by atoms with Gasteiger partial charge in [0.25, 0.3) is 0 Å². The van der Waals surface area contributed by atoms with E-state index in [4.69, 9.17) is 4.74 Å². The first-order valence-electron chi connectivity index (χ1n) is 3.89.